The second-order valence-corrected chi connectivity index (χ2v) is 4.82. The number of hydrogen-bond acceptors (Lipinski definition) is 0. The number of rotatable bonds is 0. The van der Waals surface area contributed by atoms with Crippen LogP contribution < -0.4 is 0 Å². The van der Waals surface area contributed by atoms with Crippen LogP contribution in [0.2, 0.25) is 0 Å². The topological polar surface area (TPSA) is 15.8 Å². The largest absolute Gasteiger partial charge is 0.484 e. The molecule has 1 aliphatic rings. The summed E-state index contributed by atoms with van der Waals surface area (Å²) in [6.07, 6.45) is 14.6. The fraction of sp³-hybridized carbons (Fsp3) is 0.318. The molecular weight excluding hydrogens is 397 g/mol. The van der Waals surface area contributed by atoms with Crippen LogP contribution in [0.3, 0.4) is 0 Å². The van der Waals surface area contributed by atoms with E-state index in [1.807, 2.05) is 30.5 Å². The molecule has 0 aliphatic heterocycles. The number of aromatic amines is 1. The molecule has 1 aromatic heterocycles. The predicted molar refractivity (Wildman–Crippen MR) is 129 cm³/mol. The third kappa shape index (κ3) is 128. The summed E-state index contributed by atoms with van der Waals surface area (Å²) < 4.78 is 0. The molecule has 0 amide bonds. The Morgan fingerprint density at radius 1 is 0.885 bits per heavy atom. The minimum Gasteiger partial charge on any atom is -0.484 e. The molecule has 4 heteroatoms. The number of aromatic nitrogens is 1. The van der Waals surface area contributed by atoms with E-state index in [0.717, 1.165) is 6.42 Å². The van der Waals surface area contributed by atoms with Crippen molar-refractivity contribution in [1.82, 2.24) is 4.98 Å². The molecule has 26 heavy (non-hydrogen) atoms. The van der Waals surface area contributed by atoms with Crippen molar-refractivity contribution < 1.29 is 20.0 Å². The maximum Gasteiger partial charge on any atom is -0.108 e. The zero-order valence-electron chi connectivity index (χ0n) is 18.7. The summed E-state index contributed by atoms with van der Waals surface area (Å²) in [6.45, 7) is 12.5. The van der Waals surface area contributed by atoms with Crippen molar-refractivity contribution >= 4 is 29.6 Å². The standard InChI is InChI=1S/C5H5.C4H4N.2C4H9.4CH3.CH2.2ClH.Ti/c2*1-2-4-5-3-1;2*1-4(2)3;;;;;;;;/h1-3H,4H2;1-3,5H;2*1-3H3;4*1H3;1H2;2*1H;/q8*-1;;;;. The van der Waals surface area contributed by atoms with E-state index in [-0.39, 0.29) is 54.5 Å². The van der Waals surface area contributed by atoms with Crippen molar-refractivity contribution in [3.63, 3.8) is 0 Å². The van der Waals surface area contributed by atoms with Crippen LogP contribution in [-0.4, -0.2) is 9.80 Å². The van der Waals surface area contributed by atoms with Gasteiger partial charge in [0.05, 0.1) is 0 Å². The molecule has 0 atom stereocenters. The van der Waals surface area contributed by atoms with Crippen LogP contribution in [0, 0.1) is 53.8 Å². The molecule has 1 N–H and O–H groups in total. The van der Waals surface area contributed by atoms with Gasteiger partial charge in [-0.1, -0.05) is 0 Å². The predicted octanol–water partition coefficient (Wildman–Crippen LogP) is 7.97. The monoisotopic (exact) mass is 439 g/mol. The molecule has 0 aromatic carbocycles. The molecule has 0 fully saturated rings. The van der Waals surface area contributed by atoms with Gasteiger partial charge >= 0.3 is 24.8 Å². The van der Waals surface area contributed by atoms with Gasteiger partial charge in [-0.15, -0.1) is 37.4 Å². The van der Waals surface area contributed by atoms with E-state index in [1.54, 1.807) is 20.0 Å². The molecular formula is C22H43Cl2NTi-8. The molecule has 1 nitrogen and oxygen atoms in total. The Bertz CT molecular complexity index is 256. The van der Waals surface area contributed by atoms with Crippen molar-refractivity contribution in [3.05, 3.63) is 90.4 Å². The van der Waals surface area contributed by atoms with Crippen molar-refractivity contribution in [2.24, 2.45) is 0 Å². The molecule has 1 heterocycles. The first kappa shape index (κ1) is 56.2. The van der Waals surface area contributed by atoms with E-state index in [1.165, 1.54) is 11.8 Å². The van der Waals surface area contributed by atoms with Crippen molar-refractivity contribution in [1.29, 1.82) is 0 Å². The normalized spacial score (nSPS) is 7.81. The van der Waals surface area contributed by atoms with Gasteiger partial charge in [0.1, 0.15) is 0 Å². The van der Waals surface area contributed by atoms with E-state index in [4.69, 9.17) is 0 Å². The van der Waals surface area contributed by atoms with Crippen LogP contribution in [0.15, 0.2) is 36.6 Å². The van der Waals surface area contributed by atoms with Gasteiger partial charge in [0.2, 0.25) is 0 Å². The van der Waals surface area contributed by atoms with E-state index >= 15 is 0 Å². The Hall–Kier alpha value is -0.0757. The minimum absolute atomic E-state index is 0. The Morgan fingerprint density at radius 3 is 1.35 bits per heavy atom. The molecule has 0 radical (unpaired) electrons. The van der Waals surface area contributed by atoms with E-state index in [0.29, 0.717) is 0 Å². The van der Waals surface area contributed by atoms with Crippen LogP contribution in [0.5, 0.6) is 0 Å². The molecule has 0 bridgehead atoms. The Kier molecular flexibility index (Phi) is 122. The first-order chi connectivity index (χ1) is 9.46. The van der Waals surface area contributed by atoms with Gasteiger partial charge in [-0.25, -0.2) is 12.2 Å². The third-order valence-electron chi connectivity index (χ3n) is 1.03. The molecule has 0 spiro atoms. The van der Waals surface area contributed by atoms with Crippen LogP contribution >= 0.6 is 24.8 Å². The summed E-state index contributed by atoms with van der Waals surface area (Å²) >= 11 is 1.75. The summed E-state index contributed by atoms with van der Waals surface area (Å²) in [5.41, 5.74) is 0. The van der Waals surface area contributed by atoms with Crippen LogP contribution in [0.25, 0.3) is 0 Å². The third-order valence-corrected chi connectivity index (χ3v) is 1.03. The molecule has 162 valence electrons. The van der Waals surface area contributed by atoms with E-state index in [2.05, 4.69) is 69.7 Å². The first-order valence-corrected chi connectivity index (χ1v) is 7.67. The van der Waals surface area contributed by atoms with Gasteiger partial charge in [-0.05, 0) is 0 Å². The van der Waals surface area contributed by atoms with Crippen molar-refractivity contribution in [2.75, 3.05) is 0 Å². The fourth-order valence-electron chi connectivity index (χ4n) is 0.581. The maximum atomic E-state index is 3.25. The fourth-order valence-corrected chi connectivity index (χ4v) is 0.581. The number of hydrogen-bond donors (Lipinski definition) is 1. The zero-order valence-corrected chi connectivity index (χ0v) is 21.9. The van der Waals surface area contributed by atoms with Gasteiger partial charge in [-0.2, -0.15) is 65.9 Å². The van der Waals surface area contributed by atoms with Gasteiger partial charge in [-0.3, -0.25) is 6.08 Å². The van der Waals surface area contributed by atoms with E-state index < -0.39 is 0 Å². The minimum atomic E-state index is 0. The summed E-state index contributed by atoms with van der Waals surface area (Å²) in [7, 11) is 0. The summed E-state index contributed by atoms with van der Waals surface area (Å²) in [4.78, 5) is 5.99. The average Bonchev–Trinajstić information content (AvgIpc) is 3.09. The van der Waals surface area contributed by atoms with Gasteiger partial charge in [0, 0.05) is 0 Å². The summed E-state index contributed by atoms with van der Waals surface area (Å²) in [5.74, 6) is 2.83. The second kappa shape index (κ2) is 56.3. The van der Waals surface area contributed by atoms with Gasteiger partial charge in [0.25, 0.3) is 0 Å². The molecule has 0 saturated heterocycles. The van der Waals surface area contributed by atoms with E-state index in [9.17, 15) is 0 Å². The van der Waals surface area contributed by atoms with Crippen LogP contribution in [0.1, 0.15) is 48.0 Å². The quantitative estimate of drug-likeness (QED) is 0.311. The number of allylic oxidation sites excluding steroid dienone is 4. The molecule has 1 aliphatic carbocycles. The average molecular weight is 440 g/mol. The molecule has 0 saturated carbocycles. The van der Waals surface area contributed by atoms with Crippen LogP contribution in [0.4, 0.5) is 0 Å². The number of halogens is 2. The Morgan fingerprint density at radius 2 is 1.27 bits per heavy atom. The Labute approximate surface area is 192 Å². The van der Waals surface area contributed by atoms with Crippen LogP contribution in [-0.2, 0) is 20.0 Å². The van der Waals surface area contributed by atoms with Crippen molar-refractivity contribution in [2.45, 2.75) is 48.0 Å². The smallest absolute Gasteiger partial charge is 0.108 e. The molecule has 2 rings (SSSR count). The maximum absolute atomic E-state index is 3.25. The van der Waals surface area contributed by atoms with Crippen molar-refractivity contribution in [3.8, 4) is 0 Å². The second-order valence-electron chi connectivity index (χ2n) is 4.82. The van der Waals surface area contributed by atoms with Gasteiger partial charge in [0.15, 0.2) is 0 Å². The summed E-state index contributed by atoms with van der Waals surface area (Å²) in [5, 5.41) is 0. The Balaban J connectivity index is -0.0000000192. The zero-order chi connectivity index (χ0) is 16.2. The van der Waals surface area contributed by atoms with Gasteiger partial charge < -0.3 is 46.5 Å². The molecule has 0 unspecified atom stereocenters. The SMILES string of the molecule is C[C-](C)C.C[C-](C)C.Cl.Cl.[C-]1=CC=CC1.[CH2]=[Ti].[CH3-].[CH3-].[CH3-].[CH3-].[c-]1ccc[nH]1. The number of H-pyrrole nitrogens is 1. The first-order valence-electron chi connectivity index (χ1n) is 6.56. The number of nitrogens with one attached hydrogen (secondary N) is 1. The summed E-state index contributed by atoms with van der Waals surface area (Å²) in [6, 6.07) is 3.71. The molecule has 1 aromatic rings.